The molecule has 0 fully saturated rings. The zero-order valence-electron chi connectivity index (χ0n) is 11.6. The molecular formula is C15H16FN3O2. The molecule has 1 aromatic carbocycles. The van der Waals surface area contributed by atoms with Crippen molar-refractivity contribution >= 4 is 11.5 Å². The van der Waals surface area contributed by atoms with E-state index in [1.807, 2.05) is 13.0 Å². The third-order valence-electron chi connectivity index (χ3n) is 3.10. The van der Waals surface area contributed by atoms with Crippen molar-refractivity contribution in [1.82, 2.24) is 4.98 Å². The van der Waals surface area contributed by atoms with Crippen LogP contribution >= 0.6 is 0 Å². The van der Waals surface area contributed by atoms with Crippen LogP contribution in [0.5, 0.6) is 0 Å². The first-order valence-corrected chi connectivity index (χ1v) is 6.73. The summed E-state index contributed by atoms with van der Waals surface area (Å²) >= 11 is 0. The number of hydrogen-bond donors (Lipinski definition) is 1. The van der Waals surface area contributed by atoms with Gasteiger partial charge < -0.3 is 5.32 Å². The highest BCUT2D eigenvalue weighted by atomic mass is 19.1. The van der Waals surface area contributed by atoms with Crippen molar-refractivity contribution in [2.75, 3.05) is 5.32 Å². The van der Waals surface area contributed by atoms with E-state index in [2.05, 4.69) is 10.3 Å². The number of benzene rings is 1. The van der Waals surface area contributed by atoms with Crippen LogP contribution in [-0.4, -0.2) is 9.91 Å². The van der Waals surface area contributed by atoms with Gasteiger partial charge in [-0.2, -0.15) is 4.39 Å². The summed E-state index contributed by atoms with van der Waals surface area (Å²) in [5.74, 6) is -0.144. The summed E-state index contributed by atoms with van der Waals surface area (Å²) in [7, 11) is 0. The van der Waals surface area contributed by atoms with E-state index < -0.39 is 10.9 Å². The average molecular weight is 289 g/mol. The van der Waals surface area contributed by atoms with E-state index in [9.17, 15) is 14.5 Å². The standard InChI is InChI=1S/C15H16FN3O2/c1-2-5-13(17-15-9-4-8-14(16)18-15)11-6-3-7-12(10-11)19(20)21/h3-4,6-10,13H,2,5H2,1H3,(H,17,18). The second kappa shape index (κ2) is 6.78. The molecule has 1 atom stereocenters. The molecule has 1 unspecified atom stereocenters. The van der Waals surface area contributed by atoms with Gasteiger partial charge in [0, 0.05) is 12.1 Å². The number of nitrogens with zero attached hydrogens (tertiary/aromatic N) is 2. The van der Waals surface area contributed by atoms with Crippen LogP contribution < -0.4 is 5.32 Å². The van der Waals surface area contributed by atoms with Gasteiger partial charge in [0.1, 0.15) is 5.82 Å². The Hall–Kier alpha value is -2.50. The highest BCUT2D eigenvalue weighted by Crippen LogP contribution is 2.26. The lowest BCUT2D eigenvalue weighted by Crippen LogP contribution is -2.12. The van der Waals surface area contributed by atoms with Gasteiger partial charge in [0.25, 0.3) is 5.69 Å². The van der Waals surface area contributed by atoms with Gasteiger partial charge in [-0.25, -0.2) is 4.98 Å². The molecule has 0 spiro atoms. The molecule has 0 aliphatic rings. The third kappa shape index (κ3) is 3.98. The second-order valence-corrected chi connectivity index (χ2v) is 4.68. The van der Waals surface area contributed by atoms with Gasteiger partial charge in [0.2, 0.25) is 5.95 Å². The first kappa shape index (κ1) is 14.9. The van der Waals surface area contributed by atoms with Gasteiger partial charge >= 0.3 is 0 Å². The SMILES string of the molecule is CCCC(Nc1cccc(F)n1)c1cccc([N+](=O)[O-])c1. The van der Waals surface area contributed by atoms with E-state index in [0.717, 1.165) is 18.4 Å². The number of anilines is 1. The highest BCUT2D eigenvalue weighted by Gasteiger charge is 2.15. The maximum absolute atomic E-state index is 13.1. The molecule has 5 nitrogen and oxygen atoms in total. The predicted octanol–water partition coefficient (Wildman–Crippen LogP) is 4.08. The fourth-order valence-electron chi connectivity index (χ4n) is 2.13. The smallest absolute Gasteiger partial charge is 0.269 e. The number of rotatable bonds is 6. The Morgan fingerprint density at radius 3 is 2.76 bits per heavy atom. The minimum atomic E-state index is -0.561. The quantitative estimate of drug-likeness (QED) is 0.494. The molecule has 2 aromatic rings. The van der Waals surface area contributed by atoms with Crippen molar-refractivity contribution in [2.24, 2.45) is 0 Å². The normalized spacial score (nSPS) is 11.9. The fourth-order valence-corrected chi connectivity index (χ4v) is 2.13. The van der Waals surface area contributed by atoms with Crippen LogP contribution in [0.1, 0.15) is 31.4 Å². The minimum Gasteiger partial charge on any atom is -0.363 e. The molecule has 6 heteroatoms. The van der Waals surface area contributed by atoms with Crippen molar-refractivity contribution in [1.29, 1.82) is 0 Å². The van der Waals surface area contributed by atoms with Crippen molar-refractivity contribution in [3.63, 3.8) is 0 Å². The Labute approximate surface area is 122 Å². The summed E-state index contributed by atoms with van der Waals surface area (Å²) in [6, 6.07) is 10.8. The maximum atomic E-state index is 13.1. The molecule has 21 heavy (non-hydrogen) atoms. The second-order valence-electron chi connectivity index (χ2n) is 4.68. The molecule has 0 saturated carbocycles. The molecule has 1 aromatic heterocycles. The van der Waals surface area contributed by atoms with Crippen molar-refractivity contribution < 1.29 is 9.31 Å². The largest absolute Gasteiger partial charge is 0.363 e. The molecule has 0 aliphatic heterocycles. The Kier molecular flexibility index (Phi) is 4.81. The van der Waals surface area contributed by atoms with Crippen LogP contribution in [-0.2, 0) is 0 Å². The molecule has 0 radical (unpaired) electrons. The van der Waals surface area contributed by atoms with E-state index in [0.29, 0.717) is 5.82 Å². The molecule has 1 heterocycles. The number of hydrogen-bond acceptors (Lipinski definition) is 4. The summed E-state index contributed by atoms with van der Waals surface area (Å²) in [5.41, 5.74) is 0.833. The minimum absolute atomic E-state index is 0.0441. The number of halogens is 1. The first-order valence-electron chi connectivity index (χ1n) is 6.73. The van der Waals surface area contributed by atoms with Gasteiger partial charge in [-0.3, -0.25) is 10.1 Å². The molecule has 2 rings (SSSR count). The molecule has 0 saturated heterocycles. The Balaban J connectivity index is 2.26. The lowest BCUT2D eigenvalue weighted by atomic mass is 10.0. The van der Waals surface area contributed by atoms with Crippen LogP contribution in [0.3, 0.4) is 0 Å². The van der Waals surface area contributed by atoms with Crippen LogP contribution in [0, 0.1) is 16.1 Å². The van der Waals surface area contributed by atoms with Crippen LogP contribution in [0.2, 0.25) is 0 Å². The molecule has 110 valence electrons. The van der Waals surface area contributed by atoms with Gasteiger partial charge in [-0.15, -0.1) is 0 Å². The zero-order chi connectivity index (χ0) is 15.2. The molecule has 0 amide bonds. The third-order valence-corrected chi connectivity index (χ3v) is 3.10. The summed E-state index contributed by atoms with van der Waals surface area (Å²) < 4.78 is 13.1. The fraction of sp³-hybridized carbons (Fsp3) is 0.267. The topological polar surface area (TPSA) is 68.1 Å². The number of pyridine rings is 1. The van der Waals surface area contributed by atoms with E-state index in [1.54, 1.807) is 18.2 Å². The van der Waals surface area contributed by atoms with Crippen LogP contribution in [0.4, 0.5) is 15.9 Å². The number of nitrogens with one attached hydrogen (secondary N) is 1. The van der Waals surface area contributed by atoms with E-state index in [4.69, 9.17) is 0 Å². The number of aromatic nitrogens is 1. The van der Waals surface area contributed by atoms with Gasteiger partial charge in [-0.05, 0) is 24.1 Å². The summed E-state index contributed by atoms with van der Waals surface area (Å²) in [6.45, 7) is 2.02. The number of nitro benzene ring substituents is 1. The van der Waals surface area contributed by atoms with Crippen molar-refractivity contribution in [2.45, 2.75) is 25.8 Å². The molecule has 0 aliphatic carbocycles. The zero-order valence-corrected chi connectivity index (χ0v) is 11.6. The summed E-state index contributed by atoms with van der Waals surface area (Å²) in [6.07, 6.45) is 1.65. The van der Waals surface area contributed by atoms with Gasteiger partial charge in [0.15, 0.2) is 0 Å². The Morgan fingerprint density at radius 1 is 1.33 bits per heavy atom. The molecular weight excluding hydrogens is 273 g/mol. The van der Waals surface area contributed by atoms with Gasteiger partial charge in [-0.1, -0.05) is 31.5 Å². The van der Waals surface area contributed by atoms with Crippen LogP contribution in [0.15, 0.2) is 42.5 Å². The predicted molar refractivity (Wildman–Crippen MR) is 78.6 cm³/mol. The Morgan fingerprint density at radius 2 is 2.10 bits per heavy atom. The van der Waals surface area contributed by atoms with Crippen molar-refractivity contribution in [3.05, 3.63) is 64.1 Å². The lowest BCUT2D eigenvalue weighted by Gasteiger charge is -2.19. The van der Waals surface area contributed by atoms with Gasteiger partial charge in [0.05, 0.1) is 11.0 Å². The van der Waals surface area contributed by atoms with Crippen molar-refractivity contribution in [3.8, 4) is 0 Å². The molecule has 1 N–H and O–H groups in total. The monoisotopic (exact) mass is 289 g/mol. The molecule has 0 bridgehead atoms. The van der Waals surface area contributed by atoms with E-state index >= 15 is 0 Å². The highest BCUT2D eigenvalue weighted by molar-refractivity contribution is 5.41. The number of nitro groups is 1. The maximum Gasteiger partial charge on any atom is 0.269 e. The first-order chi connectivity index (χ1) is 10.1. The summed E-state index contributed by atoms with van der Waals surface area (Å²) in [5, 5.41) is 14.0. The van der Waals surface area contributed by atoms with Crippen LogP contribution in [0.25, 0.3) is 0 Å². The van der Waals surface area contributed by atoms with E-state index in [1.165, 1.54) is 18.2 Å². The summed E-state index contributed by atoms with van der Waals surface area (Å²) in [4.78, 5) is 14.2. The number of non-ortho nitro benzene ring substituents is 1. The van der Waals surface area contributed by atoms with E-state index in [-0.39, 0.29) is 11.7 Å². The average Bonchev–Trinajstić information content (AvgIpc) is 2.47. The lowest BCUT2D eigenvalue weighted by molar-refractivity contribution is -0.384. The Bertz CT molecular complexity index is 634.